The van der Waals surface area contributed by atoms with Crippen LogP contribution in [0.1, 0.15) is 29.8 Å². The predicted molar refractivity (Wildman–Crippen MR) is 104 cm³/mol. The Labute approximate surface area is 159 Å². The van der Waals surface area contributed by atoms with Crippen LogP contribution in [0.2, 0.25) is 0 Å². The fourth-order valence-electron chi connectivity index (χ4n) is 2.39. The lowest BCUT2D eigenvalue weighted by Crippen LogP contribution is -2.34. The van der Waals surface area contributed by atoms with E-state index >= 15 is 0 Å². The Hall–Kier alpha value is -3.20. The number of fused-ring (bicyclic) bond motifs is 1. The number of nitrogens with one attached hydrogen (secondary N) is 3. The van der Waals surface area contributed by atoms with Gasteiger partial charge in [-0.25, -0.2) is 9.78 Å². The quantitative estimate of drug-likeness (QED) is 0.626. The van der Waals surface area contributed by atoms with Crippen molar-refractivity contribution in [3.05, 3.63) is 63.5 Å². The molecule has 0 atom stereocenters. The van der Waals surface area contributed by atoms with Crippen molar-refractivity contribution in [2.45, 2.75) is 26.4 Å². The SMILES string of the molecule is CC(C)NC(=O)Nc1ccc(CNC(=O)c2cnc3sccn3c2=O)cc1. The van der Waals surface area contributed by atoms with E-state index in [1.54, 1.807) is 35.8 Å². The number of rotatable bonds is 5. The van der Waals surface area contributed by atoms with E-state index in [2.05, 4.69) is 20.9 Å². The molecule has 0 fully saturated rings. The third-order valence-corrected chi connectivity index (χ3v) is 4.44. The van der Waals surface area contributed by atoms with Crippen LogP contribution in [0.5, 0.6) is 0 Å². The molecule has 2 aromatic heterocycles. The third kappa shape index (κ3) is 4.50. The summed E-state index contributed by atoms with van der Waals surface area (Å²) < 4.78 is 1.35. The Morgan fingerprint density at radius 1 is 1.22 bits per heavy atom. The first kappa shape index (κ1) is 18.6. The van der Waals surface area contributed by atoms with Crippen LogP contribution in [-0.2, 0) is 6.54 Å². The average Bonchev–Trinajstić information content (AvgIpc) is 3.10. The number of hydrogen-bond donors (Lipinski definition) is 3. The largest absolute Gasteiger partial charge is 0.348 e. The summed E-state index contributed by atoms with van der Waals surface area (Å²) in [5.74, 6) is -0.480. The summed E-state index contributed by atoms with van der Waals surface area (Å²) >= 11 is 1.33. The second kappa shape index (κ2) is 8.00. The molecule has 0 aliphatic heterocycles. The first-order valence-corrected chi connectivity index (χ1v) is 9.21. The van der Waals surface area contributed by atoms with E-state index in [0.29, 0.717) is 10.6 Å². The second-order valence-corrected chi connectivity index (χ2v) is 7.04. The smallest absolute Gasteiger partial charge is 0.319 e. The molecule has 0 aliphatic rings. The van der Waals surface area contributed by atoms with Gasteiger partial charge in [-0.2, -0.15) is 0 Å². The minimum Gasteiger partial charge on any atom is -0.348 e. The highest BCUT2D eigenvalue weighted by Gasteiger charge is 2.13. The fraction of sp³-hybridized carbons (Fsp3) is 0.222. The van der Waals surface area contributed by atoms with E-state index in [9.17, 15) is 14.4 Å². The van der Waals surface area contributed by atoms with Crippen LogP contribution >= 0.6 is 11.3 Å². The number of carbonyl (C=O) groups is 2. The summed E-state index contributed by atoms with van der Waals surface area (Å²) in [4.78, 5) is 40.9. The molecule has 0 radical (unpaired) electrons. The molecule has 3 aromatic rings. The number of thiazole rings is 1. The molecular weight excluding hydrogens is 366 g/mol. The number of aromatic nitrogens is 2. The number of anilines is 1. The predicted octanol–water partition coefficient (Wildman–Crippen LogP) is 2.22. The minimum atomic E-state index is -0.480. The van der Waals surface area contributed by atoms with Gasteiger partial charge < -0.3 is 16.0 Å². The van der Waals surface area contributed by atoms with E-state index in [1.165, 1.54) is 21.9 Å². The molecule has 1 aromatic carbocycles. The molecule has 27 heavy (non-hydrogen) atoms. The van der Waals surface area contributed by atoms with Gasteiger partial charge in [0.2, 0.25) is 0 Å². The first-order valence-electron chi connectivity index (χ1n) is 8.33. The van der Waals surface area contributed by atoms with Gasteiger partial charge in [0.1, 0.15) is 5.56 Å². The Morgan fingerprint density at radius 3 is 2.67 bits per heavy atom. The number of carbonyl (C=O) groups excluding carboxylic acids is 2. The second-order valence-electron chi connectivity index (χ2n) is 6.17. The van der Waals surface area contributed by atoms with Crippen molar-refractivity contribution in [2.24, 2.45) is 0 Å². The Morgan fingerprint density at radius 2 is 1.96 bits per heavy atom. The molecule has 0 bridgehead atoms. The zero-order valence-electron chi connectivity index (χ0n) is 14.9. The van der Waals surface area contributed by atoms with Gasteiger partial charge in [-0.15, -0.1) is 11.3 Å². The maximum absolute atomic E-state index is 12.3. The fourth-order valence-corrected chi connectivity index (χ4v) is 3.07. The molecule has 9 heteroatoms. The molecule has 0 saturated heterocycles. The number of benzene rings is 1. The molecule has 3 rings (SSSR count). The van der Waals surface area contributed by atoms with E-state index < -0.39 is 11.5 Å². The van der Waals surface area contributed by atoms with E-state index in [1.807, 2.05) is 13.8 Å². The van der Waals surface area contributed by atoms with Gasteiger partial charge in [0, 0.05) is 36.0 Å². The van der Waals surface area contributed by atoms with E-state index in [-0.39, 0.29) is 24.2 Å². The highest BCUT2D eigenvalue weighted by molar-refractivity contribution is 7.15. The van der Waals surface area contributed by atoms with E-state index in [0.717, 1.165) is 5.56 Å². The van der Waals surface area contributed by atoms with Crippen LogP contribution < -0.4 is 21.5 Å². The summed E-state index contributed by atoms with van der Waals surface area (Å²) in [5, 5.41) is 9.91. The molecule has 0 aliphatic carbocycles. The molecule has 0 saturated carbocycles. The topological polar surface area (TPSA) is 105 Å². The number of nitrogens with zero attached hydrogens (tertiary/aromatic N) is 2. The Balaban J connectivity index is 1.60. The number of hydrogen-bond acceptors (Lipinski definition) is 5. The first-order chi connectivity index (χ1) is 12.9. The van der Waals surface area contributed by atoms with Crippen LogP contribution in [0.4, 0.5) is 10.5 Å². The highest BCUT2D eigenvalue weighted by Crippen LogP contribution is 2.10. The number of urea groups is 1. The standard InChI is InChI=1S/C18H19N5O3S/c1-11(2)21-17(26)22-13-5-3-12(4-6-13)9-19-15(24)14-10-20-18-23(16(14)25)7-8-27-18/h3-8,10-11H,9H2,1-2H3,(H,19,24)(H2,21,22,26). The van der Waals surface area contributed by atoms with Crippen LogP contribution in [0.3, 0.4) is 0 Å². The zero-order valence-corrected chi connectivity index (χ0v) is 15.7. The lowest BCUT2D eigenvalue weighted by molar-refractivity contribution is 0.0949. The third-order valence-electron chi connectivity index (χ3n) is 3.67. The van der Waals surface area contributed by atoms with Crippen LogP contribution in [-0.4, -0.2) is 27.4 Å². The Kier molecular flexibility index (Phi) is 5.51. The minimum absolute atomic E-state index is 0.00505. The molecule has 3 amide bonds. The van der Waals surface area contributed by atoms with Crippen LogP contribution in [0, 0.1) is 0 Å². The molecule has 0 spiro atoms. The van der Waals surface area contributed by atoms with Gasteiger partial charge >= 0.3 is 6.03 Å². The maximum Gasteiger partial charge on any atom is 0.319 e. The lowest BCUT2D eigenvalue weighted by atomic mass is 10.2. The molecule has 2 heterocycles. The van der Waals surface area contributed by atoms with Crippen molar-refractivity contribution in [2.75, 3.05) is 5.32 Å². The monoisotopic (exact) mass is 385 g/mol. The molecular formula is C18H19N5O3S. The van der Waals surface area contributed by atoms with E-state index in [4.69, 9.17) is 0 Å². The van der Waals surface area contributed by atoms with Gasteiger partial charge in [-0.1, -0.05) is 12.1 Å². The van der Waals surface area contributed by atoms with Crippen molar-refractivity contribution in [3.8, 4) is 0 Å². The zero-order chi connectivity index (χ0) is 19.4. The highest BCUT2D eigenvalue weighted by atomic mass is 32.1. The van der Waals surface area contributed by atoms with Gasteiger partial charge in [-0.05, 0) is 31.5 Å². The molecule has 140 valence electrons. The lowest BCUT2D eigenvalue weighted by Gasteiger charge is -2.10. The van der Waals surface area contributed by atoms with Crippen molar-refractivity contribution in [1.82, 2.24) is 20.0 Å². The van der Waals surface area contributed by atoms with Crippen molar-refractivity contribution in [1.29, 1.82) is 0 Å². The summed E-state index contributed by atoms with van der Waals surface area (Å²) in [6, 6.07) is 6.84. The van der Waals surface area contributed by atoms with Gasteiger partial charge in [0.25, 0.3) is 11.5 Å². The van der Waals surface area contributed by atoms with Gasteiger partial charge in [-0.3, -0.25) is 14.0 Å². The van der Waals surface area contributed by atoms with Crippen LogP contribution in [0.25, 0.3) is 4.96 Å². The normalized spacial score (nSPS) is 10.8. The summed E-state index contributed by atoms with van der Waals surface area (Å²) in [5.41, 5.74) is 1.08. The Bertz CT molecular complexity index is 1020. The summed E-state index contributed by atoms with van der Waals surface area (Å²) in [7, 11) is 0. The summed E-state index contributed by atoms with van der Waals surface area (Å²) in [6.45, 7) is 4.01. The number of amides is 3. The van der Waals surface area contributed by atoms with Crippen molar-refractivity contribution >= 4 is 33.9 Å². The van der Waals surface area contributed by atoms with Crippen LogP contribution in [0.15, 0.2) is 46.8 Å². The maximum atomic E-state index is 12.3. The summed E-state index contributed by atoms with van der Waals surface area (Å²) in [6.07, 6.45) is 2.89. The van der Waals surface area contributed by atoms with Crippen molar-refractivity contribution < 1.29 is 9.59 Å². The average molecular weight is 385 g/mol. The van der Waals surface area contributed by atoms with Gasteiger partial charge in [0.15, 0.2) is 4.96 Å². The molecule has 3 N–H and O–H groups in total. The van der Waals surface area contributed by atoms with Crippen molar-refractivity contribution in [3.63, 3.8) is 0 Å². The van der Waals surface area contributed by atoms with Gasteiger partial charge in [0.05, 0.1) is 0 Å². The molecule has 8 nitrogen and oxygen atoms in total. The molecule has 0 unspecified atom stereocenters.